The molecule has 0 bridgehead atoms. The lowest BCUT2D eigenvalue weighted by Gasteiger charge is -2.31. The predicted octanol–water partition coefficient (Wildman–Crippen LogP) is 15.7. The molecular formula is C58H44N2. The summed E-state index contributed by atoms with van der Waals surface area (Å²) in [5.74, 6) is 0. The molecule has 0 spiro atoms. The minimum Gasteiger partial charge on any atom is -0.310 e. The first-order valence-electron chi connectivity index (χ1n) is 21.2. The average molecular weight is 769 g/mol. The second kappa shape index (κ2) is 12.7. The number of nitrogens with zero attached hydrogens (tertiary/aromatic N) is 2. The Kier molecular flexibility index (Phi) is 7.36. The molecule has 12 rings (SSSR count). The van der Waals surface area contributed by atoms with Crippen LogP contribution in [0.4, 0.5) is 17.1 Å². The molecule has 0 radical (unpaired) electrons. The molecule has 2 heteroatoms. The fraction of sp³-hybridized carbons (Fsp3) is 0.103. The van der Waals surface area contributed by atoms with E-state index < -0.39 is 0 Å². The van der Waals surface area contributed by atoms with E-state index >= 15 is 0 Å². The van der Waals surface area contributed by atoms with Gasteiger partial charge in [-0.25, -0.2) is 0 Å². The molecule has 1 aromatic heterocycles. The van der Waals surface area contributed by atoms with E-state index in [-0.39, 0.29) is 10.8 Å². The summed E-state index contributed by atoms with van der Waals surface area (Å²) in [4.78, 5) is 2.56. The van der Waals surface area contributed by atoms with Crippen LogP contribution in [0.15, 0.2) is 194 Å². The Balaban J connectivity index is 1.22. The van der Waals surface area contributed by atoms with Gasteiger partial charge in [-0.15, -0.1) is 0 Å². The minimum absolute atomic E-state index is 0.146. The van der Waals surface area contributed by atoms with Crippen molar-refractivity contribution >= 4 is 49.6 Å². The molecule has 1 heterocycles. The molecule has 0 aliphatic heterocycles. The fourth-order valence-corrected chi connectivity index (χ4v) is 10.9. The Morgan fingerprint density at radius 3 is 1.67 bits per heavy atom. The number of rotatable bonds is 5. The van der Waals surface area contributed by atoms with Crippen molar-refractivity contribution in [3.63, 3.8) is 0 Å². The Hall–Kier alpha value is -7.16. The zero-order chi connectivity index (χ0) is 40.3. The van der Waals surface area contributed by atoms with Crippen molar-refractivity contribution in [1.29, 1.82) is 0 Å². The number of aromatic nitrogens is 1. The van der Waals surface area contributed by atoms with Gasteiger partial charge in [0.05, 0.1) is 22.4 Å². The van der Waals surface area contributed by atoms with E-state index in [1.165, 1.54) is 93.9 Å². The van der Waals surface area contributed by atoms with E-state index in [2.05, 4.69) is 231 Å². The number of hydrogen-bond acceptors (Lipinski definition) is 1. The highest BCUT2D eigenvalue weighted by Gasteiger charge is 2.39. The summed E-state index contributed by atoms with van der Waals surface area (Å²) in [5, 5.41) is 4.93. The zero-order valence-corrected chi connectivity index (χ0v) is 34.4. The van der Waals surface area contributed by atoms with Crippen LogP contribution < -0.4 is 4.90 Å². The van der Waals surface area contributed by atoms with Crippen molar-refractivity contribution in [2.75, 3.05) is 4.90 Å². The van der Waals surface area contributed by atoms with Crippen LogP contribution in [0.5, 0.6) is 0 Å². The highest BCUT2D eigenvalue weighted by atomic mass is 15.1. The van der Waals surface area contributed by atoms with Crippen molar-refractivity contribution in [1.82, 2.24) is 4.57 Å². The predicted molar refractivity (Wildman–Crippen MR) is 254 cm³/mol. The van der Waals surface area contributed by atoms with Crippen LogP contribution in [-0.2, 0) is 10.8 Å². The minimum atomic E-state index is -0.154. The molecule has 9 aromatic carbocycles. The Bertz CT molecular complexity index is 3330. The topological polar surface area (TPSA) is 8.17 Å². The van der Waals surface area contributed by atoms with E-state index in [4.69, 9.17) is 0 Å². The van der Waals surface area contributed by atoms with Crippen molar-refractivity contribution in [3.8, 4) is 39.1 Å². The molecular weight excluding hydrogens is 725 g/mol. The third-order valence-corrected chi connectivity index (χ3v) is 13.8. The van der Waals surface area contributed by atoms with Gasteiger partial charge in [0.2, 0.25) is 0 Å². The maximum absolute atomic E-state index is 2.56. The highest BCUT2D eigenvalue weighted by molar-refractivity contribution is 6.12. The maximum atomic E-state index is 2.56. The first-order chi connectivity index (χ1) is 29.3. The summed E-state index contributed by atoms with van der Waals surface area (Å²) in [6.07, 6.45) is 0. The first-order valence-corrected chi connectivity index (χ1v) is 21.2. The largest absolute Gasteiger partial charge is 0.310 e. The van der Waals surface area contributed by atoms with Crippen LogP contribution in [0, 0.1) is 0 Å². The molecule has 2 aliphatic rings. The van der Waals surface area contributed by atoms with Crippen LogP contribution in [-0.4, -0.2) is 4.57 Å². The quantitative estimate of drug-likeness (QED) is 0.169. The molecule has 10 aromatic rings. The Morgan fingerprint density at radius 1 is 0.367 bits per heavy atom. The maximum Gasteiger partial charge on any atom is 0.0561 e. The first kappa shape index (κ1) is 34.8. The van der Waals surface area contributed by atoms with Gasteiger partial charge >= 0.3 is 0 Å². The lowest BCUT2D eigenvalue weighted by atomic mass is 9.82. The molecule has 0 fully saturated rings. The van der Waals surface area contributed by atoms with Crippen molar-refractivity contribution in [3.05, 3.63) is 216 Å². The van der Waals surface area contributed by atoms with Gasteiger partial charge in [-0.05, 0) is 97.9 Å². The number of anilines is 3. The van der Waals surface area contributed by atoms with Crippen LogP contribution in [0.2, 0.25) is 0 Å². The lowest BCUT2D eigenvalue weighted by molar-refractivity contribution is 0.660. The van der Waals surface area contributed by atoms with Crippen LogP contribution >= 0.6 is 0 Å². The van der Waals surface area contributed by atoms with Gasteiger partial charge in [-0.3, -0.25) is 0 Å². The van der Waals surface area contributed by atoms with E-state index in [9.17, 15) is 0 Å². The lowest BCUT2D eigenvalue weighted by Crippen LogP contribution is -2.18. The van der Waals surface area contributed by atoms with Crippen molar-refractivity contribution < 1.29 is 0 Å². The molecule has 286 valence electrons. The monoisotopic (exact) mass is 768 g/mol. The van der Waals surface area contributed by atoms with Crippen molar-refractivity contribution in [2.45, 2.75) is 38.5 Å². The Morgan fingerprint density at radius 2 is 0.917 bits per heavy atom. The van der Waals surface area contributed by atoms with E-state index in [1.807, 2.05) is 0 Å². The normalized spacial score (nSPS) is 14.3. The molecule has 0 saturated heterocycles. The molecule has 2 aliphatic carbocycles. The van der Waals surface area contributed by atoms with E-state index in [0.29, 0.717) is 0 Å². The molecule has 0 atom stereocenters. The number of para-hydroxylation sites is 2. The van der Waals surface area contributed by atoms with Crippen LogP contribution in [0.1, 0.15) is 49.9 Å². The number of benzene rings is 9. The summed E-state index contributed by atoms with van der Waals surface area (Å²) in [5.41, 5.74) is 19.8. The standard InChI is InChI=1S/C58H44N2/c1-57(2)49-27-13-9-23-46(49)56-50(57)28-17-31-54(56)59(38-32-33-42-41-20-8-12-26-48(41)58(3,4)51(42)35-38)39-34-47-40(37-18-6-5-7-19-37)24-16-25-45(47)55(36-39)60-52-29-14-10-21-43(52)44-22-11-15-30-53(44)60/h5-36H,1-4H3. The third kappa shape index (κ3) is 4.82. The summed E-state index contributed by atoms with van der Waals surface area (Å²) in [6.45, 7) is 9.52. The van der Waals surface area contributed by atoms with Crippen LogP contribution in [0.3, 0.4) is 0 Å². The van der Waals surface area contributed by atoms with E-state index in [1.54, 1.807) is 0 Å². The second-order valence-electron chi connectivity index (χ2n) is 17.7. The summed E-state index contributed by atoms with van der Waals surface area (Å²) in [7, 11) is 0. The Labute approximate surface area is 351 Å². The van der Waals surface area contributed by atoms with Gasteiger partial charge in [-0.1, -0.05) is 179 Å². The van der Waals surface area contributed by atoms with Gasteiger partial charge < -0.3 is 9.47 Å². The molecule has 0 unspecified atom stereocenters. The second-order valence-corrected chi connectivity index (χ2v) is 17.7. The molecule has 0 amide bonds. The number of hydrogen-bond donors (Lipinski definition) is 0. The summed E-state index contributed by atoms with van der Waals surface area (Å²) in [6, 6.07) is 72.5. The molecule has 0 N–H and O–H groups in total. The molecule has 2 nitrogen and oxygen atoms in total. The van der Waals surface area contributed by atoms with Gasteiger partial charge in [0.15, 0.2) is 0 Å². The highest BCUT2D eigenvalue weighted by Crippen LogP contribution is 2.56. The molecule has 0 saturated carbocycles. The summed E-state index contributed by atoms with van der Waals surface area (Å²) < 4.78 is 2.50. The van der Waals surface area contributed by atoms with Crippen molar-refractivity contribution in [2.24, 2.45) is 0 Å². The third-order valence-electron chi connectivity index (χ3n) is 13.8. The summed E-state index contributed by atoms with van der Waals surface area (Å²) >= 11 is 0. The smallest absolute Gasteiger partial charge is 0.0561 e. The number of fused-ring (bicyclic) bond motifs is 10. The van der Waals surface area contributed by atoms with E-state index in [0.717, 1.165) is 17.1 Å². The van der Waals surface area contributed by atoms with Crippen LogP contribution in [0.25, 0.3) is 71.6 Å². The zero-order valence-electron chi connectivity index (χ0n) is 34.4. The van der Waals surface area contributed by atoms with Gasteiger partial charge in [0.1, 0.15) is 0 Å². The van der Waals surface area contributed by atoms with Gasteiger partial charge in [-0.2, -0.15) is 0 Å². The average Bonchev–Trinajstić information content (AvgIpc) is 3.83. The van der Waals surface area contributed by atoms with Gasteiger partial charge in [0, 0.05) is 43.9 Å². The van der Waals surface area contributed by atoms with Gasteiger partial charge in [0.25, 0.3) is 0 Å². The molecule has 60 heavy (non-hydrogen) atoms. The fourth-order valence-electron chi connectivity index (χ4n) is 10.9. The SMILES string of the molecule is CC1(C)c2ccccc2-c2ccc(N(c3cc(-n4c5ccccc5c5ccccc54)c4cccc(-c5ccccc5)c4c3)c3cccc4c3-c3ccccc3C4(C)C)cc21.